The van der Waals surface area contributed by atoms with Crippen LogP contribution >= 0.6 is 27.3 Å². The van der Waals surface area contributed by atoms with Gasteiger partial charge in [0.1, 0.15) is 11.4 Å². The number of aromatic nitrogens is 2. The lowest BCUT2D eigenvalue weighted by Crippen LogP contribution is -2.30. The van der Waals surface area contributed by atoms with Gasteiger partial charge in [0.25, 0.3) is 0 Å². The number of rotatable bonds is 11. The van der Waals surface area contributed by atoms with E-state index in [9.17, 15) is 31.5 Å². The Morgan fingerprint density at radius 2 is 1.93 bits per heavy atom. The largest absolute Gasteiger partial charge is 0.516 e. The number of furan rings is 1. The molecule has 0 saturated carbocycles. The van der Waals surface area contributed by atoms with Crippen LogP contribution in [-0.4, -0.2) is 34.6 Å². The van der Waals surface area contributed by atoms with Gasteiger partial charge in [-0.2, -0.15) is 21.6 Å². The van der Waals surface area contributed by atoms with Crippen molar-refractivity contribution in [2.75, 3.05) is 4.72 Å². The summed E-state index contributed by atoms with van der Waals surface area (Å²) in [5.74, 6) is -0.0576. The molecular weight excluding hydrogens is 695 g/mol. The van der Waals surface area contributed by atoms with E-state index in [4.69, 9.17) is 9.40 Å². The van der Waals surface area contributed by atoms with Crippen molar-refractivity contribution >= 4 is 66.0 Å². The van der Waals surface area contributed by atoms with Gasteiger partial charge in [0.15, 0.2) is 5.76 Å². The number of thiophene rings is 1. The summed E-state index contributed by atoms with van der Waals surface area (Å²) in [7, 11) is -5.66. The molecule has 0 radical (unpaired) electrons. The molecule has 0 aliphatic carbocycles. The molecule has 5 aromatic rings. The zero-order valence-corrected chi connectivity index (χ0v) is 27.2. The van der Waals surface area contributed by atoms with E-state index in [-0.39, 0.29) is 29.0 Å². The van der Waals surface area contributed by atoms with Crippen molar-refractivity contribution < 1.29 is 35.9 Å². The fourth-order valence-electron chi connectivity index (χ4n) is 4.91. The molecule has 5 rings (SSSR count). The number of carboxylic acids is 1. The fourth-order valence-corrected chi connectivity index (χ4v) is 6.83. The number of carbonyl (C=O) groups is 1. The summed E-state index contributed by atoms with van der Waals surface area (Å²) in [5.41, 5.74) is -2.78. The number of anilines is 1. The number of para-hydroxylation sites is 1. The molecule has 0 bridgehead atoms. The van der Waals surface area contributed by atoms with Crippen LogP contribution in [0, 0.1) is 6.92 Å². The number of sulfonamides is 1. The quantitative estimate of drug-likeness (QED) is 0.132. The summed E-state index contributed by atoms with van der Waals surface area (Å²) in [6, 6.07) is 14.8. The number of hydrogen-bond acceptors (Lipinski definition) is 6. The zero-order chi connectivity index (χ0) is 32.5. The molecule has 0 unspecified atom stereocenters. The first-order valence-electron chi connectivity index (χ1n) is 13.7. The lowest BCUT2D eigenvalue weighted by atomic mass is 10.1. The molecule has 236 valence electrons. The average Bonchev–Trinajstić information content (AvgIpc) is 3.67. The van der Waals surface area contributed by atoms with E-state index in [1.54, 1.807) is 22.9 Å². The van der Waals surface area contributed by atoms with Crippen molar-refractivity contribution in [2.24, 2.45) is 0 Å². The van der Waals surface area contributed by atoms with E-state index in [1.165, 1.54) is 29.5 Å². The summed E-state index contributed by atoms with van der Waals surface area (Å²) in [5, 5.41) is 12.5. The summed E-state index contributed by atoms with van der Waals surface area (Å²) in [4.78, 5) is 17.9. The van der Waals surface area contributed by atoms with Crippen LogP contribution in [0.5, 0.6) is 0 Å². The number of fused-ring (bicyclic) bond motifs is 1. The van der Waals surface area contributed by atoms with Gasteiger partial charge < -0.3 is 14.1 Å². The molecule has 45 heavy (non-hydrogen) atoms. The smallest absolute Gasteiger partial charge is 0.478 e. The van der Waals surface area contributed by atoms with Gasteiger partial charge in [0.05, 0.1) is 21.5 Å². The number of nitrogens with zero attached hydrogens (tertiary/aromatic N) is 2. The van der Waals surface area contributed by atoms with Gasteiger partial charge in [-0.05, 0) is 76.6 Å². The Labute approximate surface area is 269 Å². The van der Waals surface area contributed by atoms with Crippen molar-refractivity contribution in [2.45, 2.75) is 45.2 Å². The predicted molar refractivity (Wildman–Crippen MR) is 172 cm³/mol. The van der Waals surface area contributed by atoms with E-state index in [1.807, 2.05) is 48.1 Å². The van der Waals surface area contributed by atoms with Crippen LogP contribution in [0.2, 0.25) is 0 Å². The molecule has 0 aliphatic heterocycles. The zero-order valence-electron chi connectivity index (χ0n) is 24.0. The third-order valence-corrected chi connectivity index (χ3v) is 9.79. The van der Waals surface area contributed by atoms with Crippen molar-refractivity contribution in [3.05, 3.63) is 97.7 Å². The molecule has 0 aliphatic rings. The van der Waals surface area contributed by atoms with E-state index >= 15 is 0 Å². The normalized spacial score (nSPS) is 12.6. The van der Waals surface area contributed by atoms with Crippen molar-refractivity contribution in [3.63, 3.8) is 0 Å². The van der Waals surface area contributed by atoms with Gasteiger partial charge >= 0.3 is 21.5 Å². The highest BCUT2D eigenvalue weighted by atomic mass is 79.9. The van der Waals surface area contributed by atoms with Gasteiger partial charge in [0, 0.05) is 40.8 Å². The minimum Gasteiger partial charge on any atom is -0.478 e. The Morgan fingerprint density at radius 3 is 2.60 bits per heavy atom. The Hall–Kier alpha value is -3.88. The summed E-state index contributed by atoms with van der Waals surface area (Å²) in [6.07, 6.45) is 3.45. The Morgan fingerprint density at radius 1 is 1.18 bits per heavy atom. The molecule has 0 spiro atoms. The monoisotopic (exact) mass is 721 g/mol. The minimum atomic E-state index is -5.66. The number of hydrogen-bond donors (Lipinski definition) is 2. The van der Waals surface area contributed by atoms with E-state index in [0.717, 1.165) is 22.7 Å². The van der Waals surface area contributed by atoms with Gasteiger partial charge in [-0.1, -0.05) is 31.2 Å². The predicted octanol–water partition coefficient (Wildman–Crippen LogP) is 8.40. The van der Waals surface area contributed by atoms with E-state index in [0.29, 0.717) is 39.8 Å². The van der Waals surface area contributed by atoms with Crippen LogP contribution < -0.4 is 4.72 Å². The first-order valence-corrected chi connectivity index (χ1v) is 16.9. The number of halogens is 4. The third kappa shape index (κ3) is 6.87. The lowest BCUT2D eigenvalue weighted by molar-refractivity contribution is -0.132. The molecule has 0 atom stereocenters. The minimum absolute atomic E-state index is 0.116. The number of nitrogens with one attached hydrogen (secondary N) is 1. The first kappa shape index (κ1) is 32.5. The summed E-state index contributed by atoms with van der Waals surface area (Å²) >= 11 is 5.00. The number of aryl methyl sites for hydroxylation is 2. The Bertz CT molecular complexity index is 2010. The molecule has 2 aromatic carbocycles. The maximum atomic E-state index is 13.1. The fraction of sp³-hybridized carbons (Fsp3) is 0.226. The Balaban J connectivity index is 1.54. The van der Waals surface area contributed by atoms with Gasteiger partial charge in [-0.15, -0.1) is 11.3 Å². The standard InChI is InChI=1S/C31H27BrF3N3O5S2/c1-3-7-27-36-18(2)25(16-20(30(39)40)15-21-8-6-13-44-21)38(27)17-19-11-12-26-23(14-19)28(32)29(43-26)22-9-4-5-10-24(22)37-45(41,42)31(33,34)35/h4-6,8-14,16,37H,3,7,15,17H2,1-2H3,(H,39,40). The third-order valence-electron chi connectivity index (χ3n) is 7.03. The van der Waals surface area contributed by atoms with Crippen molar-refractivity contribution in [1.29, 1.82) is 0 Å². The molecule has 3 heterocycles. The molecular formula is C31H27BrF3N3O5S2. The number of benzene rings is 2. The van der Waals surface area contributed by atoms with Crippen LogP contribution in [-0.2, 0) is 34.2 Å². The van der Waals surface area contributed by atoms with E-state index in [2.05, 4.69) is 15.9 Å². The second-order valence-corrected chi connectivity index (χ2v) is 13.7. The average molecular weight is 723 g/mol. The molecule has 0 fully saturated rings. The molecule has 2 N–H and O–H groups in total. The molecule has 0 saturated heterocycles. The second kappa shape index (κ2) is 12.9. The number of alkyl halides is 3. The number of aliphatic carboxylic acids is 1. The maximum absolute atomic E-state index is 13.1. The molecule has 0 amide bonds. The molecule has 14 heteroatoms. The van der Waals surface area contributed by atoms with E-state index < -0.39 is 21.5 Å². The van der Waals surface area contributed by atoms with Gasteiger partial charge in [-0.3, -0.25) is 4.72 Å². The van der Waals surface area contributed by atoms with Crippen LogP contribution in [0.1, 0.15) is 41.0 Å². The van der Waals surface area contributed by atoms with Crippen molar-refractivity contribution in [1.82, 2.24) is 9.55 Å². The topological polar surface area (TPSA) is 114 Å². The number of imidazole rings is 1. The SMILES string of the molecule is CCCc1nc(C)c(C=C(Cc2cccs2)C(=O)O)n1Cc1ccc2oc(-c3ccccc3NS(=O)(=O)C(F)(F)F)c(Br)c2c1. The first-order chi connectivity index (χ1) is 21.3. The molecule has 3 aromatic heterocycles. The second-order valence-electron chi connectivity index (χ2n) is 10.2. The summed E-state index contributed by atoms with van der Waals surface area (Å²) in [6.45, 7) is 4.24. The number of carboxylic acid groups (broad SMARTS) is 1. The van der Waals surface area contributed by atoms with Crippen LogP contribution in [0.15, 0.2) is 74.4 Å². The maximum Gasteiger partial charge on any atom is 0.516 e. The highest BCUT2D eigenvalue weighted by Gasteiger charge is 2.46. The van der Waals surface area contributed by atoms with Crippen molar-refractivity contribution in [3.8, 4) is 11.3 Å². The van der Waals surface area contributed by atoms with Gasteiger partial charge in [0.2, 0.25) is 0 Å². The lowest BCUT2D eigenvalue weighted by Gasteiger charge is -2.13. The highest BCUT2D eigenvalue weighted by Crippen LogP contribution is 2.42. The van der Waals surface area contributed by atoms with Gasteiger partial charge in [-0.25, -0.2) is 9.78 Å². The van der Waals surface area contributed by atoms with Crippen LogP contribution in [0.3, 0.4) is 0 Å². The van der Waals surface area contributed by atoms with Crippen LogP contribution in [0.25, 0.3) is 28.4 Å². The highest BCUT2D eigenvalue weighted by molar-refractivity contribution is 9.10. The molecule has 8 nitrogen and oxygen atoms in total. The summed E-state index contributed by atoms with van der Waals surface area (Å²) < 4.78 is 73.0. The Kier molecular flexibility index (Phi) is 9.28. The van der Waals surface area contributed by atoms with Crippen LogP contribution in [0.4, 0.5) is 18.9 Å².